The Morgan fingerprint density at radius 1 is 1.16 bits per heavy atom. The quantitative estimate of drug-likeness (QED) is 0.688. The van der Waals surface area contributed by atoms with Gasteiger partial charge in [0.2, 0.25) is 11.8 Å². The summed E-state index contributed by atoms with van der Waals surface area (Å²) in [5, 5.41) is 2.91. The van der Waals surface area contributed by atoms with Crippen molar-refractivity contribution in [3.8, 4) is 0 Å². The summed E-state index contributed by atoms with van der Waals surface area (Å²) in [5.41, 5.74) is 0. The van der Waals surface area contributed by atoms with Gasteiger partial charge in [0, 0.05) is 59.2 Å². The zero-order chi connectivity index (χ0) is 14.3. The van der Waals surface area contributed by atoms with Crippen LogP contribution in [0, 0.1) is 0 Å². The number of piperazine rings is 1. The second-order valence-electron chi connectivity index (χ2n) is 5.25. The van der Waals surface area contributed by atoms with E-state index in [9.17, 15) is 9.59 Å². The number of carbonyl (C=O) groups excluding carboxylic acids is 2. The van der Waals surface area contributed by atoms with E-state index in [-0.39, 0.29) is 11.8 Å². The zero-order valence-corrected chi connectivity index (χ0v) is 12.3. The highest BCUT2D eigenvalue weighted by molar-refractivity contribution is 5.76. The summed E-state index contributed by atoms with van der Waals surface area (Å²) >= 11 is 0. The molecule has 0 aromatic rings. The Labute approximate surface area is 115 Å². The van der Waals surface area contributed by atoms with Gasteiger partial charge in [-0.3, -0.25) is 14.5 Å². The van der Waals surface area contributed by atoms with Crippen LogP contribution in [0.15, 0.2) is 0 Å². The Bertz CT molecular complexity index is 299. The van der Waals surface area contributed by atoms with Gasteiger partial charge in [0.15, 0.2) is 0 Å². The molecule has 0 atom stereocenters. The van der Waals surface area contributed by atoms with Crippen molar-refractivity contribution in [1.29, 1.82) is 0 Å². The van der Waals surface area contributed by atoms with Crippen molar-refractivity contribution < 1.29 is 9.59 Å². The lowest BCUT2D eigenvalue weighted by Gasteiger charge is -2.34. The number of likely N-dealkylation sites (N-methyl/N-ethyl adjacent to an activating group) is 1. The molecule has 0 aromatic heterocycles. The van der Waals surface area contributed by atoms with E-state index in [4.69, 9.17) is 0 Å². The molecule has 2 amide bonds. The number of hydrogen-bond donors (Lipinski definition) is 1. The lowest BCUT2D eigenvalue weighted by Crippen LogP contribution is -2.48. The molecule has 1 heterocycles. The van der Waals surface area contributed by atoms with Gasteiger partial charge in [-0.1, -0.05) is 0 Å². The second kappa shape index (κ2) is 8.12. The van der Waals surface area contributed by atoms with Crippen LogP contribution in [0.25, 0.3) is 0 Å². The standard InChI is InChI=1S/C13H26N4O2/c1-12(18)17-10-8-16(9-11-17)6-4-13(19)14-5-7-15(2)3/h4-11H2,1-3H3,(H,14,19). The highest BCUT2D eigenvalue weighted by Gasteiger charge is 2.18. The summed E-state index contributed by atoms with van der Waals surface area (Å²) in [6.07, 6.45) is 0.535. The number of amides is 2. The van der Waals surface area contributed by atoms with Crippen molar-refractivity contribution >= 4 is 11.8 Å². The minimum absolute atomic E-state index is 0.107. The summed E-state index contributed by atoms with van der Waals surface area (Å²) in [6.45, 7) is 7.23. The lowest BCUT2D eigenvalue weighted by molar-refractivity contribution is -0.131. The van der Waals surface area contributed by atoms with E-state index in [0.29, 0.717) is 13.0 Å². The van der Waals surface area contributed by atoms with Crippen molar-refractivity contribution in [1.82, 2.24) is 20.0 Å². The van der Waals surface area contributed by atoms with Crippen LogP contribution < -0.4 is 5.32 Å². The highest BCUT2D eigenvalue weighted by Crippen LogP contribution is 2.02. The number of nitrogens with one attached hydrogen (secondary N) is 1. The number of carbonyl (C=O) groups is 2. The molecule has 110 valence electrons. The van der Waals surface area contributed by atoms with E-state index in [0.717, 1.165) is 39.3 Å². The summed E-state index contributed by atoms with van der Waals surface area (Å²) in [5.74, 6) is 0.247. The van der Waals surface area contributed by atoms with Crippen LogP contribution in [0.3, 0.4) is 0 Å². The fourth-order valence-corrected chi connectivity index (χ4v) is 2.05. The molecule has 1 saturated heterocycles. The molecule has 1 aliphatic heterocycles. The Morgan fingerprint density at radius 3 is 2.32 bits per heavy atom. The van der Waals surface area contributed by atoms with Gasteiger partial charge in [-0.15, -0.1) is 0 Å². The van der Waals surface area contributed by atoms with E-state index in [2.05, 4.69) is 10.2 Å². The maximum atomic E-state index is 11.6. The maximum absolute atomic E-state index is 11.6. The minimum Gasteiger partial charge on any atom is -0.355 e. The number of nitrogens with zero attached hydrogens (tertiary/aromatic N) is 3. The average molecular weight is 270 g/mol. The molecule has 1 aliphatic rings. The van der Waals surface area contributed by atoms with Crippen molar-refractivity contribution in [2.24, 2.45) is 0 Å². The SMILES string of the molecule is CC(=O)N1CCN(CCC(=O)NCCN(C)C)CC1. The first-order valence-corrected chi connectivity index (χ1v) is 6.88. The first-order chi connectivity index (χ1) is 8.99. The van der Waals surface area contributed by atoms with Gasteiger partial charge in [0.05, 0.1) is 0 Å². The Hall–Kier alpha value is -1.14. The van der Waals surface area contributed by atoms with Crippen molar-refractivity contribution in [3.63, 3.8) is 0 Å². The van der Waals surface area contributed by atoms with E-state index in [1.807, 2.05) is 23.9 Å². The molecule has 6 heteroatoms. The van der Waals surface area contributed by atoms with E-state index in [1.165, 1.54) is 0 Å². The molecule has 0 aliphatic carbocycles. The highest BCUT2D eigenvalue weighted by atomic mass is 16.2. The van der Waals surface area contributed by atoms with E-state index in [1.54, 1.807) is 6.92 Å². The van der Waals surface area contributed by atoms with Crippen LogP contribution in [0.5, 0.6) is 0 Å². The molecular weight excluding hydrogens is 244 g/mol. The third-order valence-corrected chi connectivity index (χ3v) is 3.35. The Morgan fingerprint density at radius 2 is 1.79 bits per heavy atom. The number of rotatable bonds is 6. The van der Waals surface area contributed by atoms with Crippen LogP contribution >= 0.6 is 0 Å². The molecule has 6 nitrogen and oxygen atoms in total. The van der Waals surface area contributed by atoms with Gasteiger partial charge in [-0.2, -0.15) is 0 Å². The van der Waals surface area contributed by atoms with Gasteiger partial charge < -0.3 is 15.1 Å². The predicted octanol–water partition coefficient (Wildman–Crippen LogP) is -0.782. The zero-order valence-electron chi connectivity index (χ0n) is 12.3. The van der Waals surface area contributed by atoms with E-state index < -0.39 is 0 Å². The molecule has 0 radical (unpaired) electrons. The normalized spacial score (nSPS) is 16.7. The van der Waals surface area contributed by atoms with Crippen molar-refractivity contribution in [2.45, 2.75) is 13.3 Å². The molecule has 19 heavy (non-hydrogen) atoms. The van der Waals surface area contributed by atoms with E-state index >= 15 is 0 Å². The Balaban J connectivity index is 2.10. The van der Waals surface area contributed by atoms with Crippen LogP contribution in [0.4, 0.5) is 0 Å². The molecule has 0 spiro atoms. The topological polar surface area (TPSA) is 55.9 Å². The first kappa shape index (κ1) is 15.9. The average Bonchev–Trinajstić information content (AvgIpc) is 2.36. The monoisotopic (exact) mass is 270 g/mol. The number of hydrogen-bond acceptors (Lipinski definition) is 4. The predicted molar refractivity (Wildman–Crippen MR) is 74.9 cm³/mol. The summed E-state index contributed by atoms with van der Waals surface area (Å²) < 4.78 is 0. The molecule has 0 aromatic carbocycles. The van der Waals surface area contributed by atoms with Crippen LogP contribution in [0.1, 0.15) is 13.3 Å². The lowest BCUT2D eigenvalue weighted by atomic mass is 10.3. The first-order valence-electron chi connectivity index (χ1n) is 6.88. The van der Waals surface area contributed by atoms with Crippen molar-refractivity contribution in [2.75, 3.05) is 59.9 Å². The smallest absolute Gasteiger partial charge is 0.221 e. The summed E-state index contributed by atoms with van der Waals surface area (Å²) in [7, 11) is 3.97. The third kappa shape index (κ3) is 6.54. The molecule has 0 bridgehead atoms. The minimum atomic E-state index is 0.107. The second-order valence-corrected chi connectivity index (χ2v) is 5.25. The molecule has 1 N–H and O–H groups in total. The Kier molecular flexibility index (Phi) is 6.80. The molecule has 0 unspecified atom stereocenters. The summed E-state index contributed by atoms with van der Waals surface area (Å²) in [6, 6.07) is 0. The molecule has 1 fully saturated rings. The molecular formula is C13H26N4O2. The van der Waals surface area contributed by atoms with Crippen LogP contribution in [0.2, 0.25) is 0 Å². The van der Waals surface area contributed by atoms with Gasteiger partial charge >= 0.3 is 0 Å². The molecule has 1 rings (SSSR count). The van der Waals surface area contributed by atoms with Gasteiger partial charge in [0.1, 0.15) is 0 Å². The van der Waals surface area contributed by atoms with Crippen LogP contribution in [-0.2, 0) is 9.59 Å². The largest absolute Gasteiger partial charge is 0.355 e. The maximum Gasteiger partial charge on any atom is 0.221 e. The van der Waals surface area contributed by atoms with Gasteiger partial charge in [0.25, 0.3) is 0 Å². The summed E-state index contributed by atoms with van der Waals surface area (Å²) in [4.78, 5) is 28.9. The van der Waals surface area contributed by atoms with Gasteiger partial charge in [-0.25, -0.2) is 0 Å². The van der Waals surface area contributed by atoms with Crippen molar-refractivity contribution in [3.05, 3.63) is 0 Å². The molecule has 0 saturated carbocycles. The fraction of sp³-hybridized carbons (Fsp3) is 0.846. The van der Waals surface area contributed by atoms with Gasteiger partial charge in [-0.05, 0) is 14.1 Å². The van der Waals surface area contributed by atoms with Crippen LogP contribution in [-0.4, -0.2) is 86.4 Å². The fourth-order valence-electron chi connectivity index (χ4n) is 2.05. The third-order valence-electron chi connectivity index (χ3n) is 3.35.